The SMILES string of the molecule is CCCCC(CO)(CO)NC(=O)c1c(C)nc2c(OCc3c(F)cccc3F)cccn12. The summed E-state index contributed by atoms with van der Waals surface area (Å²) in [5.41, 5.74) is -0.442. The molecule has 0 fully saturated rings. The first-order valence-electron chi connectivity index (χ1n) is 10.4. The Kier molecular flexibility index (Phi) is 7.42. The molecular weight excluding hydrogens is 420 g/mol. The lowest BCUT2D eigenvalue weighted by molar-refractivity contribution is 0.0621. The Bertz CT molecular complexity index is 1080. The highest BCUT2D eigenvalue weighted by Crippen LogP contribution is 2.25. The highest BCUT2D eigenvalue weighted by atomic mass is 19.1. The summed E-state index contributed by atoms with van der Waals surface area (Å²) < 4.78 is 35.0. The molecule has 2 heterocycles. The fourth-order valence-electron chi connectivity index (χ4n) is 3.53. The molecule has 3 rings (SSSR count). The quantitative estimate of drug-likeness (QED) is 0.444. The van der Waals surface area contributed by atoms with Crippen LogP contribution in [0.25, 0.3) is 5.65 Å². The molecule has 0 aliphatic carbocycles. The molecule has 0 radical (unpaired) electrons. The molecule has 0 saturated carbocycles. The maximum absolute atomic E-state index is 13.9. The monoisotopic (exact) mass is 447 g/mol. The molecule has 1 aromatic carbocycles. The minimum Gasteiger partial charge on any atom is -0.485 e. The fraction of sp³-hybridized carbons (Fsp3) is 0.391. The van der Waals surface area contributed by atoms with Crippen LogP contribution in [-0.4, -0.2) is 44.3 Å². The second-order valence-electron chi connectivity index (χ2n) is 7.75. The highest BCUT2D eigenvalue weighted by molar-refractivity contribution is 5.95. The number of hydrogen-bond acceptors (Lipinski definition) is 5. The number of halogens is 2. The van der Waals surface area contributed by atoms with E-state index >= 15 is 0 Å². The molecule has 0 bridgehead atoms. The molecule has 0 saturated heterocycles. The van der Waals surface area contributed by atoms with E-state index < -0.39 is 36.3 Å². The number of aromatic nitrogens is 2. The number of unbranched alkanes of at least 4 members (excludes halogenated alkanes) is 1. The molecule has 0 aliphatic heterocycles. The number of ether oxygens (including phenoxy) is 1. The van der Waals surface area contributed by atoms with Crippen LogP contribution in [0, 0.1) is 18.6 Å². The Morgan fingerprint density at radius 1 is 1.19 bits per heavy atom. The Morgan fingerprint density at radius 2 is 1.88 bits per heavy atom. The van der Waals surface area contributed by atoms with Crippen molar-refractivity contribution in [3.63, 3.8) is 0 Å². The van der Waals surface area contributed by atoms with Gasteiger partial charge < -0.3 is 20.3 Å². The van der Waals surface area contributed by atoms with Gasteiger partial charge in [-0.15, -0.1) is 0 Å². The first-order chi connectivity index (χ1) is 15.4. The molecule has 0 unspecified atom stereocenters. The zero-order valence-corrected chi connectivity index (χ0v) is 18.1. The minimum absolute atomic E-state index is 0.206. The molecule has 3 aromatic rings. The van der Waals surface area contributed by atoms with Gasteiger partial charge in [0.15, 0.2) is 11.4 Å². The number of rotatable bonds is 10. The van der Waals surface area contributed by atoms with Gasteiger partial charge in [-0.3, -0.25) is 9.20 Å². The number of fused-ring (bicyclic) bond motifs is 1. The first kappa shape index (κ1) is 23.6. The predicted octanol–water partition coefficient (Wildman–Crippen LogP) is 3.14. The maximum Gasteiger partial charge on any atom is 0.270 e. The summed E-state index contributed by atoms with van der Waals surface area (Å²) in [5, 5.41) is 22.4. The van der Waals surface area contributed by atoms with Crippen LogP contribution in [0.5, 0.6) is 5.75 Å². The van der Waals surface area contributed by atoms with Gasteiger partial charge in [-0.05, 0) is 37.6 Å². The standard InChI is InChI=1S/C23H27F2N3O4/c1-3-4-10-23(13-29,14-30)27-22(31)20-15(2)26-21-19(9-6-11-28(20)21)32-12-16-17(24)7-5-8-18(16)25/h5-9,11,29-30H,3-4,10,12-14H2,1-2H3,(H,27,31). The van der Waals surface area contributed by atoms with Crippen molar-refractivity contribution in [3.05, 3.63) is 65.1 Å². The van der Waals surface area contributed by atoms with Crippen molar-refractivity contribution in [3.8, 4) is 5.75 Å². The van der Waals surface area contributed by atoms with E-state index in [0.29, 0.717) is 17.8 Å². The van der Waals surface area contributed by atoms with E-state index in [9.17, 15) is 23.8 Å². The van der Waals surface area contributed by atoms with Crippen LogP contribution in [0.2, 0.25) is 0 Å². The normalized spacial score (nSPS) is 11.7. The summed E-state index contributed by atoms with van der Waals surface area (Å²) >= 11 is 0. The number of nitrogens with one attached hydrogen (secondary N) is 1. The molecule has 3 N–H and O–H groups in total. The van der Waals surface area contributed by atoms with E-state index in [1.54, 1.807) is 25.3 Å². The third-order valence-corrected chi connectivity index (χ3v) is 5.43. The van der Waals surface area contributed by atoms with Gasteiger partial charge in [0.1, 0.15) is 23.9 Å². The van der Waals surface area contributed by atoms with E-state index in [1.807, 2.05) is 6.92 Å². The molecule has 172 valence electrons. The van der Waals surface area contributed by atoms with Gasteiger partial charge >= 0.3 is 0 Å². The lowest BCUT2D eigenvalue weighted by Crippen LogP contribution is -2.54. The van der Waals surface area contributed by atoms with E-state index in [4.69, 9.17) is 4.74 Å². The molecule has 0 spiro atoms. The van der Waals surface area contributed by atoms with Crippen molar-refractivity contribution in [2.45, 2.75) is 45.3 Å². The highest BCUT2D eigenvalue weighted by Gasteiger charge is 2.32. The maximum atomic E-state index is 13.9. The van der Waals surface area contributed by atoms with Crippen LogP contribution in [0.4, 0.5) is 8.78 Å². The van der Waals surface area contributed by atoms with Crippen LogP contribution in [-0.2, 0) is 6.61 Å². The predicted molar refractivity (Wildman–Crippen MR) is 115 cm³/mol. The average Bonchev–Trinajstić information content (AvgIpc) is 3.13. The van der Waals surface area contributed by atoms with E-state index in [0.717, 1.165) is 25.0 Å². The van der Waals surface area contributed by atoms with Gasteiger partial charge in [0, 0.05) is 6.20 Å². The number of amides is 1. The summed E-state index contributed by atoms with van der Waals surface area (Å²) in [7, 11) is 0. The molecule has 32 heavy (non-hydrogen) atoms. The van der Waals surface area contributed by atoms with Crippen LogP contribution < -0.4 is 10.1 Å². The first-order valence-corrected chi connectivity index (χ1v) is 10.4. The van der Waals surface area contributed by atoms with Crippen molar-refractivity contribution in [2.24, 2.45) is 0 Å². The molecule has 9 heteroatoms. The van der Waals surface area contributed by atoms with Gasteiger partial charge in [-0.1, -0.05) is 25.8 Å². The summed E-state index contributed by atoms with van der Waals surface area (Å²) in [4.78, 5) is 17.5. The lowest BCUT2D eigenvalue weighted by atomic mass is 9.94. The zero-order valence-electron chi connectivity index (χ0n) is 18.1. The smallest absolute Gasteiger partial charge is 0.270 e. The second-order valence-corrected chi connectivity index (χ2v) is 7.75. The third-order valence-electron chi connectivity index (χ3n) is 5.43. The number of benzene rings is 1. The van der Waals surface area contributed by atoms with Crippen molar-refractivity contribution < 1.29 is 28.5 Å². The Hall–Kier alpha value is -3.04. The van der Waals surface area contributed by atoms with Crippen LogP contribution in [0.15, 0.2) is 36.5 Å². The van der Waals surface area contributed by atoms with Crippen LogP contribution in [0.3, 0.4) is 0 Å². The third kappa shape index (κ3) is 4.73. The molecule has 7 nitrogen and oxygen atoms in total. The molecule has 0 aliphatic rings. The number of aryl methyl sites for hydroxylation is 1. The number of aliphatic hydroxyl groups is 2. The molecule has 1 amide bonds. The fourth-order valence-corrected chi connectivity index (χ4v) is 3.53. The van der Waals surface area contributed by atoms with Crippen LogP contribution >= 0.6 is 0 Å². The number of imidazole rings is 1. The molecule has 0 atom stereocenters. The number of carbonyl (C=O) groups excluding carboxylic acids is 1. The van der Waals surface area contributed by atoms with E-state index in [-0.39, 0.29) is 23.6 Å². The summed E-state index contributed by atoms with van der Waals surface area (Å²) in [5.74, 6) is -1.69. The number of pyridine rings is 1. The number of nitrogens with zero attached hydrogens (tertiary/aromatic N) is 2. The second kappa shape index (κ2) is 10.1. The van der Waals surface area contributed by atoms with E-state index in [1.165, 1.54) is 10.5 Å². The van der Waals surface area contributed by atoms with Crippen molar-refractivity contribution in [1.29, 1.82) is 0 Å². The Morgan fingerprint density at radius 3 is 2.50 bits per heavy atom. The average molecular weight is 447 g/mol. The van der Waals surface area contributed by atoms with Crippen molar-refractivity contribution in [1.82, 2.24) is 14.7 Å². The molecule has 2 aromatic heterocycles. The number of aliphatic hydroxyl groups excluding tert-OH is 2. The van der Waals surface area contributed by atoms with Crippen molar-refractivity contribution in [2.75, 3.05) is 13.2 Å². The summed E-state index contributed by atoms with van der Waals surface area (Å²) in [6, 6.07) is 6.79. The van der Waals surface area contributed by atoms with Gasteiger partial charge in [0.05, 0.1) is 30.0 Å². The van der Waals surface area contributed by atoms with Crippen molar-refractivity contribution >= 4 is 11.6 Å². The minimum atomic E-state index is -1.15. The number of hydrogen-bond donors (Lipinski definition) is 3. The largest absolute Gasteiger partial charge is 0.485 e. The Labute approximate surface area is 184 Å². The van der Waals surface area contributed by atoms with E-state index in [2.05, 4.69) is 10.3 Å². The van der Waals surface area contributed by atoms with Crippen LogP contribution in [0.1, 0.15) is 47.9 Å². The van der Waals surface area contributed by atoms with Gasteiger partial charge in [0.25, 0.3) is 5.91 Å². The number of carbonyl (C=O) groups is 1. The van der Waals surface area contributed by atoms with Gasteiger partial charge in [-0.25, -0.2) is 13.8 Å². The summed E-state index contributed by atoms with van der Waals surface area (Å²) in [6.45, 7) is 2.46. The summed E-state index contributed by atoms with van der Waals surface area (Å²) in [6.07, 6.45) is 3.60. The lowest BCUT2D eigenvalue weighted by Gasteiger charge is -2.31. The topological polar surface area (TPSA) is 96.1 Å². The Balaban J connectivity index is 1.90. The zero-order chi connectivity index (χ0) is 23.3. The molecular formula is C23H27F2N3O4. The van der Waals surface area contributed by atoms with Gasteiger partial charge in [-0.2, -0.15) is 0 Å². The van der Waals surface area contributed by atoms with Gasteiger partial charge in [0.2, 0.25) is 0 Å².